The molecule has 6 nitrogen and oxygen atoms in total. The van der Waals surface area contributed by atoms with E-state index in [1.54, 1.807) is 24.3 Å². The second-order valence-electron chi connectivity index (χ2n) is 6.77. The second-order valence-corrected chi connectivity index (χ2v) is 7.21. The number of rotatable bonds is 7. The number of nitrogens with zero attached hydrogens (tertiary/aromatic N) is 2. The van der Waals surface area contributed by atoms with Gasteiger partial charge in [-0.2, -0.15) is 0 Å². The minimum atomic E-state index is -0.299. The van der Waals surface area contributed by atoms with Crippen LogP contribution in [0, 0.1) is 13.8 Å². The van der Waals surface area contributed by atoms with Crippen LogP contribution in [0.25, 0.3) is 11.3 Å². The smallest absolute Gasteiger partial charge is 0.254 e. The largest absolute Gasteiger partial charge is 0.492 e. The first-order valence-corrected chi connectivity index (χ1v) is 9.59. The van der Waals surface area contributed by atoms with Crippen molar-refractivity contribution in [2.75, 3.05) is 13.2 Å². The van der Waals surface area contributed by atoms with Crippen LogP contribution in [0.5, 0.6) is 5.75 Å². The molecule has 0 atom stereocenters. The molecule has 150 valence electrons. The fourth-order valence-corrected chi connectivity index (χ4v) is 3.04. The Hall–Kier alpha value is -3.12. The summed E-state index contributed by atoms with van der Waals surface area (Å²) in [6.45, 7) is 4.60. The number of aryl methyl sites for hydroxylation is 2. The maximum atomic E-state index is 12.3. The van der Waals surface area contributed by atoms with E-state index in [1.807, 2.05) is 26.0 Å². The van der Waals surface area contributed by atoms with Gasteiger partial charge in [-0.15, -0.1) is 0 Å². The van der Waals surface area contributed by atoms with Crippen molar-refractivity contribution in [3.63, 3.8) is 0 Å². The second kappa shape index (κ2) is 9.39. The molecule has 0 bridgehead atoms. The van der Waals surface area contributed by atoms with E-state index < -0.39 is 0 Å². The van der Waals surface area contributed by atoms with Gasteiger partial charge >= 0.3 is 0 Å². The van der Waals surface area contributed by atoms with E-state index in [2.05, 4.69) is 16.4 Å². The molecule has 0 aliphatic rings. The van der Waals surface area contributed by atoms with Crippen molar-refractivity contribution in [1.82, 2.24) is 14.9 Å². The van der Waals surface area contributed by atoms with Crippen molar-refractivity contribution < 1.29 is 9.53 Å². The van der Waals surface area contributed by atoms with E-state index in [9.17, 15) is 9.59 Å². The molecular weight excluding hydrogens is 390 g/mol. The zero-order chi connectivity index (χ0) is 20.8. The lowest BCUT2D eigenvalue weighted by Gasteiger charge is -2.10. The van der Waals surface area contributed by atoms with Crippen molar-refractivity contribution in [2.45, 2.75) is 20.4 Å². The minimum Gasteiger partial charge on any atom is -0.492 e. The van der Waals surface area contributed by atoms with Crippen LogP contribution in [0.15, 0.2) is 59.7 Å². The van der Waals surface area contributed by atoms with E-state index in [-0.39, 0.29) is 18.0 Å². The number of nitrogens with one attached hydrogen (secondary N) is 1. The highest BCUT2D eigenvalue weighted by Gasteiger charge is 2.07. The lowest BCUT2D eigenvalue weighted by atomic mass is 10.1. The lowest BCUT2D eigenvalue weighted by Crippen LogP contribution is -2.34. The monoisotopic (exact) mass is 411 g/mol. The van der Waals surface area contributed by atoms with Crippen LogP contribution in [-0.2, 0) is 11.3 Å². The molecule has 0 saturated carbocycles. The molecule has 0 unspecified atom stereocenters. The molecule has 7 heteroatoms. The molecule has 3 aromatic rings. The summed E-state index contributed by atoms with van der Waals surface area (Å²) in [6, 6.07) is 14.4. The maximum absolute atomic E-state index is 12.3. The average molecular weight is 412 g/mol. The van der Waals surface area contributed by atoms with Gasteiger partial charge in [-0.1, -0.05) is 29.8 Å². The summed E-state index contributed by atoms with van der Waals surface area (Å²) in [7, 11) is 0. The number of hydrogen-bond donors (Lipinski definition) is 1. The third kappa shape index (κ3) is 5.93. The van der Waals surface area contributed by atoms with Gasteiger partial charge < -0.3 is 10.1 Å². The van der Waals surface area contributed by atoms with Gasteiger partial charge in [0, 0.05) is 16.7 Å². The molecule has 1 heterocycles. The topological polar surface area (TPSA) is 73.2 Å². The highest BCUT2D eigenvalue weighted by molar-refractivity contribution is 6.30. The van der Waals surface area contributed by atoms with Crippen LogP contribution in [0.4, 0.5) is 0 Å². The Morgan fingerprint density at radius 3 is 2.45 bits per heavy atom. The summed E-state index contributed by atoms with van der Waals surface area (Å²) < 4.78 is 6.92. The van der Waals surface area contributed by atoms with Crippen molar-refractivity contribution in [3.8, 4) is 17.0 Å². The summed E-state index contributed by atoms with van der Waals surface area (Å²) in [5.74, 6) is 0.493. The molecule has 0 fully saturated rings. The summed E-state index contributed by atoms with van der Waals surface area (Å²) in [6.07, 6.45) is 1.37. The normalized spacial score (nSPS) is 10.6. The van der Waals surface area contributed by atoms with Gasteiger partial charge in [0.2, 0.25) is 5.91 Å². The molecule has 0 saturated heterocycles. The zero-order valence-electron chi connectivity index (χ0n) is 16.3. The molecule has 0 spiro atoms. The van der Waals surface area contributed by atoms with Gasteiger partial charge in [-0.25, -0.2) is 4.98 Å². The number of aromatic nitrogens is 2. The van der Waals surface area contributed by atoms with Gasteiger partial charge in [0.15, 0.2) is 0 Å². The Balaban J connectivity index is 1.51. The van der Waals surface area contributed by atoms with E-state index in [4.69, 9.17) is 16.3 Å². The predicted molar refractivity (Wildman–Crippen MR) is 113 cm³/mol. The molecule has 3 rings (SSSR count). The first-order valence-electron chi connectivity index (χ1n) is 9.21. The number of hydrogen-bond acceptors (Lipinski definition) is 4. The third-order valence-corrected chi connectivity index (χ3v) is 4.47. The van der Waals surface area contributed by atoms with Crippen LogP contribution in [0.3, 0.4) is 0 Å². The number of carbonyl (C=O) groups excluding carboxylic acids is 1. The van der Waals surface area contributed by atoms with Crippen LogP contribution in [-0.4, -0.2) is 28.6 Å². The zero-order valence-corrected chi connectivity index (χ0v) is 17.1. The Kier molecular flexibility index (Phi) is 6.67. The van der Waals surface area contributed by atoms with Crippen molar-refractivity contribution in [2.24, 2.45) is 0 Å². The summed E-state index contributed by atoms with van der Waals surface area (Å²) in [5.41, 5.74) is 3.26. The van der Waals surface area contributed by atoms with Crippen molar-refractivity contribution >= 4 is 17.5 Å². The van der Waals surface area contributed by atoms with Gasteiger partial charge in [-0.05, 0) is 49.2 Å². The van der Waals surface area contributed by atoms with Gasteiger partial charge in [0.25, 0.3) is 5.56 Å². The number of benzene rings is 2. The van der Waals surface area contributed by atoms with E-state index in [0.717, 1.165) is 22.4 Å². The predicted octanol–water partition coefficient (Wildman–Crippen LogP) is 3.38. The Morgan fingerprint density at radius 1 is 1.10 bits per heavy atom. The van der Waals surface area contributed by atoms with E-state index in [0.29, 0.717) is 23.9 Å². The summed E-state index contributed by atoms with van der Waals surface area (Å²) >= 11 is 5.87. The molecule has 0 aliphatic carbocycles. The van der Waals surface area contributed by atoms with Crippen LogP contribution in [0.2, 0.25) is 5.02 Å². The first-order chi connectivity index (χ1) is 13.9. The van der Waals surface area contributed by atoms with Crippen LogP contribution >= 0.6 is 11.6 Å². The average Bonchev–Trinajstić information content (AvgIpc) is 2.67. The molecular formula is C22H22ClN3O3. The third-order valence-electron chi connectivity index (χ3n) is 4.22. The molecule has 2 aromatic carbocycles. The lowest BCUT2D eigenvalue weighted by molar-refractivity contribution is -0.121. The fourth-order valence-electron chi connectivity index (χ4n) is 2.91. The molecule has 1 amide bonds. The highest BCUT2D eigenvalue weighted by Crippen LogP contribution is 2.18. The quantitative estimate of drug-likeness (QED) is 0.605. The molecule has 0 aliphatic heterocycles. The molecule has 29 heavy (non-hydrogen) atoms. The van der Waals surface area contributed by atoms with Gasteiger partial charge in [-0.3, -0.25) is 14.2 Å². The number of carbonyl (C=O) groups is 1. The fraction of sp³-hybridized carbons (Fsp3) is 0.227. The van der Waals surface area contributed by atoms with Crippen molar-refractivity contribution in [3.05, 3.63) is 81.4 Å². The van der Waals surface area contributed by atoms with E-state index in [1.165, 1.54) is 17.0 Å². The Morgan fingerprint density at radius 2 is 1.79 bits per heavy atom. The van der Waals surface area contributed by atoms with Crippen molar-refractivity contribution in [1.29, 1.82) is 0 Å². The van der Waals surface area contributed by atoms with E-state index >= 15 is 0 Å². The standard InChI is InChI=1S/C22H22ClN3O3/c1-15-9-16(2)11-19(10-15)29-8-7-24-21(27)13-26-14-25-20(12-22(26)28)17-3-5-18(23)6-4-17/h3-6,9-12,14H,7-8,13H2,1-2H3,(H,24,27). The van der Waals surface area contributed by atoms with Crippen LogP contribution in [0.1, 0.15) is 11.1 Å². The molecule has 1 aromatic heterocycles. The first kappa shape index (κ1) is 20.6. The Bertz CT molecular complexity index is 1040. The van der Waals surface area contributed by atoms with Crippen LogP contribution < -0.4 is 15.6 Å². The maximum Gasteiger partial charge on any atom is 0.254 e. The SMILES string of the molecule is Cc1cc(C)cc(OCCNC(=O)Cn2cnc(-c3ccc(Cl)cc3)cc2=O)c1. The summed E-state index contributed by atoms with van der Waals surface area (Å²) in [4.78, 5) is 28.7. The van der Waals surface area contributed by atoms with Gasteiger partial charge in [0.05, 0.1) is 18.6 Å². The number of amides is 1. The number of ether oxygens (including phenoxy) is 1. The number of halogens is 1. The molecule has 0 radical (unpaired) electrons. The van der Waals surface area contributed by atoms with Gasteiger partial charge in [0.1, 0.15) is 18.9 Å². The highest BCUT2D eigenvalue weighted by atomic mass is 35.5. The Labute approximate surface area is 174 Å². The summed E-state index contributed by atoms with van der Waals surface area (Å²) in [5, 5.41) is 3.36. The minimum absolute atomic E-state index is 0.101. The molecule has 1 N–H and O–H groups in total.